The van der Waals surface area contributed by atoms with Crippen molar-refractivity contribution in [3.8, 4) is 0 Å². The van der Waals surface area contributed by atoms with Gasteiger partial charge in [0.05, 0.1) is 12.6 Å². The van der Waals surface area contributed by atoms with Gasteiger partial charge in [-0.05, 0) is 62.9 Å². The van der Waals surface area contributed by atoms with Crippen molar-refractivity contribution >= 4 is 24.9 Å². The Balaban J connectivity index is 0.000000496. The fourth-order valence-corrected chi connectivity index (χ4v) is 4.66. The maximum absolute atomic E-state index is 11.5. The molecule has 3 unspecified atom stereocenters. The highest BCUT2D eigenvalue weighted by Gasteiger charge is 2.62. The van der Waals surface area contributed by atoms with Gasteiger partial charge < -0.3 is 36.6 Å². The van der Waals surface area contributed by atoms with Gasteiger partial charge in [-0.15, -0.1) is 0 Å². The van der Waals surface area contributed by atoms with E-state index in [1.807, 2.05) is 11.7 Å². The van der Waals surface area contributed by atoms with Crippen LogP contribution in [0.25, 0.3) is 0 Å². The van der Waals surface area contributed by atoms with Crippen molar-refractivity contribution in [2.75, 3.05) is 33.7 Å². The van der Waals surface area contributed by atoms with Crippen molar-refractivity contribution in [2.45, 2.75) is 71.9 Å². The zero-order valence-corrected chi connectivity index (χ0v) is 22.4. The first kappa shape index (κ1) is 32.2. The fourth-order valence-electron chi connectivity index (χ4n) is 4.66. The average molecular weight is 484 g/mol. The Morgan fingerprint density at radius 3 is 2.00 bits per heavy atom. The summed E-state index contributed by atoms with van der Waals surface area (Å²) in [5.41, 5.74) is 10.4. The van der Waals surface area contributed by atoms with Crippen LogP contribution in [0.1, 0.15) is 60.3 Å². The lowest BCUT2D eigenvalue weighted by molar-refractivity contribution is -0.129. The van der Waals surface area contributed by atoms with Crippen LogP contribution in [-0.2, 0) is 19.2 Å². The fraction of sp³-hybridized carbons (Fsp3) is 0.840. The first-order valence-electron chi connectivity index (χ1n) is 12.3. The van der Waals surface area contributed by atoms with Gasteiger partial charge in [-0.2, -0.15) is 0 Å². The molecule has 0 bridgehead atoms. The summed E-state index contributed by atoms with van der Waals surface area (Å²) in [6.07, 6.45) is 4.65. The van der Waals surface area contributed by atoms with E-state index in [0.29, 0.717) is 11.8 Å². The Bertz CT molecular complexity index is 634. The Labute approximate surface area is 206 Å². The lowest BCUT2D eigenvalue weighted by Gasteiger charge is -2.21. The molecule has 4 rings (SSSR count). The lowest BCUT2D eigenvalue weighted by Crippen LogP contribution is -2.37. The van der Waals surface area contributed by atoms with Gasteiger partial charge in [-0.3, -0.25) is 9.59 Å². The summed E-state index contributed by atoms with van der Waals surface area (Å²) in [6, 6.07) is -0.181. The molecule has 9 nitrogen and oxygen atoms in total. The maximum atomic E-state index is 11.5. The molecule has 4 atom stereocenters. The molecule has 9 heteroatoms. The van der Waals surface area contributed by atoms with Crippen LogP contribution in [0.15, 0.2) is 0 Å². The molecule has 2 aliphatic heterocycles. The van der Waals surface area contributed by atoms with E-state index in [9.17, 15) is 14.4 Å². The average Bonchev–Trinajstić information content (AvgIpc) is 3.50. The molecule has 34 heavy (non-hydrogen) atoms. The SMILES string of the molecule is C=O.CC(C)C.CC1(C)C2CN(C(=O)CN)CC21.CN.CN[C@H](C=O)CC1CC2(CC2)NC1=O. The number of likely N-dealkylation sites (tertiary alicyclic amines) is 1. The van der Waals surface area contributed by atoms with Gasteiger partial charge in [0, 0.05) is 24.5 Å². The van der Waals surface area contributed by atoms with Gasteiger partial charge in [-0.25, -0.2) is 0 Å². The lowest BCUT2D eigenvalue weighted by atomic mass is 9.96. The third kappa shape index (κ3) is 9.07. The maximum Gasteiger partial charge on any atom is 0.236 e. The third-order valence-electron chi connectivity index (χ3n) is 6.97. The molecule has 2 amide bonds. The number of likely N-dealkylation sites (N-methyl/N-ethyl adjacent to an activating group) is 1. The predicted molar refractivity (Wildman–Crippen MR) is 136 cm³/mol. The summed E-state index contributed by atoms with van der Waals surface area (Å²) in [6.45, 7) is 15.1. The number of rotatable bonds is 5. The van der Waals surface area contributed by atoms with Crippen molar-refractivity contribution in [1.82, 2.24) is 15.5 Å². The van der Waals surface area contributed by atoms with Crippen molar-refractivity contribution < 1.29 is 19.2 Å². The van der Waals surface area contributed by atoms with E-state index >= 15 is 0 Å². The van der Waals surface area contributed by atoms with Crippen molar-refractivity contribution in [2.24, 2.45) is 40.6 Å². The summed E-state index contributed by atoms with van der Waals surface area (Å²) < 4.78 is 0. The van der Waals surface area contributed by atoms with Crippen molar-refractivity contribution in [1.29, 1.82) is 0 Å². The number of fused-ring (bicyclic) bond motifs is 1. The summed E-state index contributed by atoms with van der Waals surface area (Å²) in [5, 5.41) is 5.92. The van der Waals surface area contributed by atoms with Crippen LogP contribution in [0.4, 0.5) is 0 Å². The van der Waals surface area contributed by atoms with Gasteiger partial charge in [0.2, 0.25) is 11.8 Å². The number of nitrogens with two attached hydrogens (primary N) is 2. The number of piperidine rings is 1. The molecule has 0 aromatic carbocycles. The molecule has 0 radical (unpaired) electrons. The van der Waals surface area contributed by atoms with E-state index < -0.39 is 0 Å². The number of nitrogens with zero attached hydrogens (tertiary/aromatic N) is 1. The first-order valence-corrected chi connectivity index (χ1v) is 12.3. The highest BCUT2D eigenvalue weighted by atomic mass is 16.2. The molecule has 198 valence electrons. The number of hydrogen-bond acceptors (Lipinski definition) is 7. The number of carbonyl (C=O) groups excluding carboxylic acids is 4. The molecule has 6 N–H and O–H groups in total. The standard InChI is InChI=1S/C10H16N2O2.C9H16N2O.C4H10.CH5N.CH2O/c1-11-8(6-13)4-7-5-10(2-3-10)12-9(7)14;1-9(2)6-4-11(5-7(6)9)8(12)3-10;1-4(2)3;2*1-2/h6-8,11H,2-5H2,1H3,(H,12,14);6-7H,3-5,10H2,1-2H3;4H,1-3H3;2H2,1H3;1H2/t7?,8-;;;;/m0..../s1. The number of amides is 2. The monoisotopic (exact) mass is 483 g/mol. The minimum absolute atomic E-state index is 0.0279. The summed E-state index contributed by atoms with van der Waals surface area (Å²) in [5.74, 6) is 2.59. The van der Waals surface area contributed by atoms with Gasteiger partial charge in [0.15, 0.2) is 0 Å². The molecular formula is C25H49N5O4. The minimum Gasteiger partial charge on any atom is -0.350 e. The number of carbonyl (C=O) groups is 4. The first-order chi connectivity index (χ1) is 16.0. The van der Waals surface area contributed by atoms with E-state index in [4.69, 9.17) is 10.5 Å². The Hall–Kier alpha value is -1.84. The summed E-state index contributed by atoms with van der Waals surface area (Å²) >= 11 is 0. The van der Waals surface area contributed by atoms with Crippen LogP contribution in [0, 0.1) is 29.1 Å². The minimum atomic E-state index is -0.181. The number of nitrogens with one attached hydrogen (secondary N) is 2. The van der Waals surface area contributed by atoms with E-state index in [-0.39, 0.29) is 35.9 Å². The zero-order chi connectivity index (χ0) is 26.7. The van der Waals surface area contributed by atoms with Crippen LogP contribution < -0.4 is 22.1 Å². The quantitative estimate of drug-likeness (QED) is 0.425. The second-order valence-electron chi connectivity index (χ2n) is 10.7. The van der Waals surface area contributed by atoms with Crippen LogP contribution in [-0.4, -0.2) is 75.1 Å². The molecule has 2 saturated carbocycles. The molecule has 2 aliphatic carbocycles. The van der Waals surface area contributed by atoms with Gasteiger partial charge >= 0.3 is 0 Å². The number of hydrogen-bond donors (Lipinski definition) is 4. The molecule has 2 heterocycles. The topological polar surface area (TPSA) is 148 Å². The van der Waals surface area contributed by atoms with E-state index in [1.165, 1.54) is 7.05 Å². The molecule has 1 spiro atoms. The second-order valence-corrected chi connectivity index (χ2v) is 10.7. The number of aldehydes is 1. The third-order valence-corrected chi connectivity index (χ3v) is 6.97. The normalized spacial score (nSPS) is 26.6. The Kier molecular flexibility index (Phi) is 13.7. The summed E-state index contributed by atoms with van der Waals surface area (Å²) in [4.78, 5) is 43.3. The Morgan fingerprint density at radius 1 is 1.21 bits per heavy atom. The smallest absolute Gasteiger partial charge is 0.236 e. The second kappa shape index (κ2) is 14.5. The molecule has 0 aromatic rings. The molecule has 2 saturated heterocycles. The summed E-state index contributed by atoms with van der Waals surface area (Å²) in [7, 11) is 3.25. The van der Waals surface area contributed by atoms with Crippen molar-refractivity contribution in [3.63, 3.8) is 0 Å². The molecule has 4 fully saturated rings. The van der Waals surface area contributed by atoms with Crippen LogP contribution >= 0.6 is 0 Å². The predicted octanol–water partition coefficient (Wildman–Crippen LogP) is 0.944. The van der Waals surface area contributed by atoms with Crippen LogP contribution in [0.3, 0.4) is 0 Å². The molecule has 0 aromatic heterocycles. The van der Waals surface area contributed by atoms with E-state index in [1.54, 1.807) is 7.05 Å². The van der Waals surface area contributed by atoms with Crippen LogP contribution in [0.2, 0.25) is 0 Å². The molecular weight excluding hydrogens is 434 g/mol. The van der Waals surface area contributed by atoms with E-state index in [0.717, 1.165) is 56.4 Å². The van der Waals surface area contributed by atoms with Crippen molar-refractivity contribution in [3.05, 3.63) is 0 Å². The largest absolute Gasteiger partial charge is 0.350 e. The van der Waals surface area contributed by atoms with Gasteiger partial charge in [0.1, 0.15) is 13.1 Å². The van der Waals surface area contributed by atoms with Gasteiger partial charge in [-0.1, -0.05) is 34.6 Å². The zero-order valence-electron chi connectivity index (χ0n) is 22.4. The highest BCUT2D eigenvalue weighted by Crippen LogP contribution is 2.61. The Morgan fingerprint density at radius 2 is 1.68 bits per heavy atom. The molecule has 4 aliphatic rings. The van der Waals surface area contributed by atoms with Crippen LogP contribution in [0.5, 0.6) is 0 Å². The van der Waals surface area contributed by atoms with Gasteiger partial charge in [0.25, 0.3) is 0 Å². The highest BCUT2D eigenvalue weighted by molar-refractivity contribution is 5.83. The van der Waals surface area contributed by atoms with E-state index in [2.05, 4.69) is 51.0 Å².